The Morgan fingerprint density at radius 3 is 2.26 bits per heavy atom. The molecule has 2 N–H and O–H groups in total. The molecule has 1 saturated heterocycles. The number of benzene rings is 3. The van der Waals surface area contributed by atoms with Crippen molar-refractivity contribution in [3.63, 3.8) is 0 Å². The van der Waals surface area contributed by atoms with E-state index in [4.69, 9.17) is 16.3 Å². The quantitative estimate of drug-likeness (QED) is 0.527. The van der Waals surface area contributed by atoms with E-state index >= 15 is 0 Å². The van der Waals surface area contributed by atoms with Crippen LogP contribution in [-0.4, -0.2) is 56.5 Å². The number of hydrogen-bond acceptors (Lipinski definition) is 5. The van der Waals surface area contributed by atoms with Gasteiger partial charge in [-0.25, -0.2) is 0 Å². The molecule has 1 heterocycles. The number of hydrogen-bond donors (Lipinski definition) is 2. The number of nitrogens with zero attached hydrogens (tertiary/aromatic N) is 2. The van der Waals surface area contributed by atoms with E-state index in [9.17, 15) is 9.59 Å². The van der Waals surface area contributed by atoms with Crippen molar-refractivity contribution in [2.75, 3.05) is 55.4 Å². The molecule has 176 valence electrons. The van der Waals surface area contributed by atoms with Crippen LogP contribution >= 0.6 is 11.6 Å². The summed E-state index contributed by atoms with van der Waals surface area (Å²) in [7, 11) is 1.65. The van der Waals surface area contributed by atoms with Crippen LogP contribution in [0.4, 0.5) is 17.1 Å². The van der Waals surface area contributed by atoms with Crippen LogP contribution in [0, 0.1) is 0 Å². The van der Waals surface area contributed by atoms with Crippen molar-refractivity contribution in [2.45, 2.75) is 0 Å². The summed E-state index contributed by atoms with van der Waals surface area (Å²) in [6, 6.07) is 22.0. The molecule has 3 aromatic rings. The minimum atomic E-state index is -0.258. The average Bonchev–Trinajstić information content (AvgIpc) is 2.89. The van der Waals surface area contributed by atoms with Crippen molar-refractivity contribution in [3.05, 3.63) is 83.4 Å². The molecule has 2 amide bonds. The topological polar surface area (TPSA) is 73.9 Å². The summed E-state index contributed by atoms with van der Waals surface area (Å²) >= 11 is 5.91. The summed E-state index contributed by atoms with van der Waals surface area (Å²) in [5.74, 6) is 0.569. The molecule has 0 atom stereocenters. The van der Waals surface area contributed by atoms with Gasteiger partial charge in [0, 0.05) is 48.3 Å². The Kier molecular flexibility index (Phi) is 7.54. The molecule has 34 heavy (non-hydrogen) atoms. The summed E-state index contributed by atoms with van der Waals surface area (Å²) in [6.07, 6.45) is 0. The highest BCUT2D eigenvalue weighted by molar-refractivity contribution is 6.30. The van der Waals surface area contributed by atoms with Gasteiger partial charge >= 0.3 is 0 Å². The van der Waals surface area contributed by atoms with Crippen molar-refractivity contribution in [3.8, 4) is 5.75 Å². The predicted octanol–water partition coefficient (Wildman–Crippen LogP) is 4.36. The van der Waals surface area contributed by atoms with Crippen LogP contribution in [0.25, 0.3) is 0 Å². The van der Waals surface area contributed by atoms with E-state index in [1.807, 2.05) is 35.2 Å². The van der Waals surface area contributed by atoms with Gasteiger partial charge in [0.2, 0.25) is 5.91 Å². The lowest BCUT2D eigenvalue weighted by Crippen LogP contribution is -2.50. The van der Waals surface area contributed by atoms with E-state index in [1.54, 1.807) is 49.6 Å². The molecule has 0 unspecified atom stereocenters. The van der Waals surface area contributed by atoms with Gasteiger partial charge < -0.3 is 25.2 Å². The number of anilines is 3. The first kappa shape index (κ1) is 23.4. The molecule has 3 aromatic carbocycles. The third-order valence-corrected chi connectivity index (χ3v) is 6.03. The SMILES string of the molecule is COc1ccc(N2CCN(C(=O)CNc3ccccc3C(=O)Nc3ccc(Cl)cc3)CC2)cc1. The summed E-state index contributed by atoms with van der Waals surface area (Å²) in [6.45, 7) is 2.93. The number of para-hydroxylation sites is 1. The fraction of sp³-hybridized carbons (Fsp3) is 0.231. The Labute approximate surface area is 204 Å². The highest BCUT2D eigenvalue weighted by atomic mass is 35.5. The molecular weight excluding hydrogens is 452 g/mol. The summed E-state index contributed by atoms with van der Waals surface area (Å²) in [5.41, 5.74) is 2.84. The highest BCUT2D eigenvalue weighted by Crippen LogP contribution is 2.21. The Hall–Kier alpha value is -3.71. The van der Waals surface area contributed by atoms with Crippen molar-refractivity contribution in [1.82, 2.24) is 4.90 Å². The second-order valence-electron chi connectivity index (χ2n) is 7.93. The Bertz CT molecular complexity index is 1130. The number of rotatable bonds is 7. The fourth-order valence-electron chi connectivity index (χ4n) is 3.86. The number of ether oxygens (including phenoxy) is 1. The number of nitrogens with one attached hydrogen (secondary N) is 2. The van der Waals surface area contributed by atoms with E-state index in [0.717, 1.165) is 24.5 Å². The predicted molar refractivity (Wildman–Crippen MR) is 136 cm³/mol. The maximum absolute atomic E-state index is 12.8. The van der Waals surface area contributed by atoms with Gasteiger partial charge in [-0.1, -0.05) is 23.7 Å². The summed E-state index contributed by atoms with van der Waals surface area (Å²) in [4.78, 5) is 29.7. The van der Waals surface area contributed by atoms with Crippen molar-refractivity contribution in [2.24, 2.45) is 0 Å². The molecule has 0 saturated carbocycles. The zero-order valence-corrected chi connectivity index (χ0v) is 19.7. The molecule has 0 bridgehead atoms. The lowest BCUT2D eigenvalue weighted by atomic mass is 10.1. The average molecular weight is 479 g/mol. The van der Waals surface area contributed by atoms with E-state index in [1.165, 1.54) is 0 Å². The minimum Gasteiger partial charge on any atom is -0.497 e. The Morgan fingerprint density at radius 1 is 0.912 bits per heavy atom. The van der Waals surface area contributed by atoms with Crippen LogP contribution in [0.2, 0.25) is 5.02 Å². The van der Waals surface area contributed by atoms with Crippen LogP contribution in [0.15, 0.2) is 72.8 Å². The van der Waals surface area contributed by atoms with Gasteiger partial charge in [-0.3, -0.25) is 9.59 Å². The maximum atomic E-state index is 12.8. The summed E-state index contributed by atoms with van der Waals surface area (Å²) in [5, 5.41) is 6.60. The van der Waals surface area contributed by atoms with Crippen LogP contribution < -0.4 is 20.3 Å². The van der Waals surface area contributed by atoms with Crippen LogP contribution in [-0.2, 0) is 4.79 Å². The van der Waals surface area contributed by atoms with Crippen LogP contribution in [0.5, 0.6) is 5.75 Å². The van der Waals surface area contributed by atoms with Crippen molar-refractivity contribution >= 4 is 40.5 Å². The standard InChI is InChI=1S/C26H27ClN4O3/c1-34-22-12-10-21(11-13-22)30-14-16-31(17-15-30)25(32)18-28-24-5-3-2-4-23(24)26(33)29-20-8-6-19(27)7-9-20/h2-13,28H,14-18H2,1H3,(H,29,33). The van der Waals surface area contributed by atoms with Crippen LogP contribution in [0.3, 0.4) is 0 Å². The van der Waals surface area contributed by atoms with Crippen molar-refractivity contribution in [1.29, 1.82) is 0 Å². The van der Waals surface area contributed by atoms with Gasteiger partial charge in [0.05, 0.1) is 19.2 Å². The number of halogens is 1. The van der Waals surface area contributed by atoms with Gasteiger partial charge in [0.25, 0.3) is 5.91 Å². The maximum Gasteiger partial charge on any atom is 0.257 e. The lowest BCUT2D eigenvalue weighted by molar-refractivity contribution is -0.129. The lowest BCUT2D eigenvalue weighted by Gasteiger charge is -2.36. The molecule has 4 rings (SSSR count). The largest absolute Gasteiger partial charge is 0.497 e. The van der Waals surface area contributed by atoms with Gasteiger partial charge in [0.1, 0.15) is 5.75 Å². The monoisotopic (exact) mass is 478 g/mol. The Morgan fingerprint density at radius 2 is 1.59 bits per heavy atom. The molecule has 8 heteroatoms. The Balaban J connectivity index is 1.31. The molecule has 7 nitrogen and oxygen atoms in total. The van der Waals surface area contributed by atoms with E-state index in [-0.39, 0.29) is 18.4 Å². The molecule has 0 radical (unpaired) electrons. The normalized spacial score (nSPS) is 13.4. The first-order chi connectivity index (χ1) is 16.5. The molecule has 0 spiro atoms. The molecule has 1 fully saturated rings. The highest BCUT2D eigenvalue weighted by Gasteiger charge is 2.21. The number of carbonyl (C=O) groups is 2. The second-order valence-corrected chi connectivity index (χ2v) is 8.36. The van der Waals surface area contributed by atoms with Crippen molar-refractivity contribution < 1.29 is 14.3 Å². The molecule has 1 aliphatic rings. The van der Waals surface area contributed by atoms with Gasteiger partial charge in [0.15, 0.2) is 0 Å². The van der Waals surface area contributed by atoms with Crippen LogP contribution in [0.1, 0.15) is 10.4 Å². The number of carbonyl (C=O) groups excluding carboxylic acids is 2. The first-order valence-corrected chi connectivity index (χ1v) is 11.5. The van der Waals surface area contributed by atoms with E-state index in [0.29, 0.717) is 35.1 Å². The zero-order valence-electron chi connectivity index (χ0n) is 19.0. The number of piperazine rings is 1. The summed E-state index contributed by atoms with van der Waals surface area (Å²) < 4.78 is 5.22. The smallest absolute Gasteiger partial charge is 0.257 e. The molecule has 0 aliphatic carbocycles. The molecule has 0 aromatic heterocycles. The zero-order chi connectivity index (χ0) is 23.9. The number of methoxy groups -OCH3 is 1. The molecule has 1 aliphatic heterocycles. The number of amides is 2. The van der Waals surface area contributed by atoms with Gasteiger partial charge in [-0.2, -0.15) is 0 Å². The third-order valence-electron chi connectivity index (χ3n) is 5.77. The first-order valence-electron chi connectivity index (χ1n) is 11.1. The van der Waals surface area contributed by atoms with Gasteiger partial charge in [-0.05, 0) is 60.7 Å². The van der Waals surface area contributed by atoms with Gasteiger partial charge in [-0.15, -0.1) is 0 Å². The second kappa shape index (κ2) is 10.9. The minimum absolute atomic E-state index is 0.00212. The molecular formula is C26H27ClN4O3. The third kappa shape index (κ3) is 5.80. The van der Waals surface area contributed by atoms with E-state index in [2.05, 4.69) is 15.5 Å². The van der Waals surface area contributed by atoms with E-state index < -0.39 is 0 Å². The fourth-order valence-corrected chi connectivity index (χ4v) is 3.98.